The Hall–Kier alpha value is -8.14. The zero-order valence-corrected chi connectivity index (χ0v) is 37.5. The zero-order chi connectivity index (χ0) is 46.4. The lowest BCUT2D eigenvalue weighted by molar-refractivity contribution is 0.00935. The summed E-state index contributed by atoms with van der Waals surface area (Å²) in [6, 6.07) is 76.4. The van der Waals surface area contributed by atoms with Crippen molar-refractivity contribution in [3.63, 3.8) is 0 Å². The van der Waals surface area contributed by atoms with Gasteiger partial charge < -0.3 is 29.4 Å². The molecule has 0 saturated carbocycles. The minimum Gasteiger partial charge on any atom is -0.498 e. The molecule has 8 nitrogen and oxygen atoms in total. The number of rotatable bonds is 18. The van der Waals surface area contributed by atoms with E-state index < -0.39 is 16.6 Å². The van der Waals surface area contributed by atoms with E-state index in [2.05, 4.69) is 84.5 Å². The SMILES string of the molecule is CC(C)(c1ccc(OCCOC(C#[N+][O-])(c2ccccc2)c2ccccc2)c(-c2ccccc2)c1)c1ccc(OCCOC(C#[N+][O-])(c2ccccc2)c2ccccc2)c(-c2ccccc2)c1. The van der Waals surface area contributed by atoms with Crippen LogP contribution >= 0.6 is 0 Å². The summed E-state index contributed by atoms with van der Waals surface area (Å²) in [5.41, 5.74) is 5.86. The van der Waals surface area contributed by atoms with Crippen molar-refractivity contribution in [1.29, 1.82) is 0 Å². The molecule has 0 aliphatic carbocycles. The highest BCUT2D eigenvalue weighted by Crippen LogP contribution is 2.42. The Morgan fingerprint density at radius 1 is 0.373 bits per heavy atom. The van der Waals surface area contributed by atoms with Crippen LogP contribution in [0.3, 0.4) is 0 Å². The highest BCUT2D eigenvalue weighted by atomic mass is 16.5. The summed E-state index contributed by atoms with van der Waals surface area (Å²) in [6.45, 7) is 5.11. The predicted molar refractivity (Wildman–Crippen MR) is 267 cm³/mol. The third-order valence-corrected chi connectivity index (χ3v) is 12.0. The van der Waals surface area contributed by atoms with Gasteiger partial charge in [0.2, 0.25) is 0 Å². The highest BCUT2D eigenvalue weighted by Gasteiger charge is 2.41. The molecule has 0 N–H and O–H groups in total. The van der Waals surface area contributed by atoms with Crippen molar-refractivity contribution in [1.82, 2.24) is 0 Å². The average Bonchev–Trinajstić information content (AvgIpc) is 3.39. The third kappa shape index (κ3) is 10.1. The van der Waals surface area contributed by atoms with Crippen LogP contribution in [-0.2, 0) is 26.1 Å². The molecule has 0 aromatic heterocycles. The van der Waals surface area contributed by atoms with Crippen molar-refractivity contribution in [3.05, 3.63) is 272 Å². The second-order valence-electron chi connectivity index (χ2n) is 16.4. The number of nitrogens with zero attached hydrogens (tertiary/aromatic N) is 2. The first-order chi connectivity index (χ1) is 32.9. The maximum Gasteiger partial charge on any atom is 0.344 e. The smallest absolute Gasteiger partial charge is 0.344 e. The van der Waals surface area contributed by atoms with Gasteiger partial charge in [0.25, 0.3) is 11.2 Å². The van der Waals surface area contributed by atoms with Gasteiger partial charge in [-0.3, -0.25) is 0 Å². The fourth-order valence-electron chi connectivity index (χ4n) is 8.44. The monoisotopic (exact) mass is 882 g/mol. The largest absolute Gasteiger partial charge is 0.498 e. The molecule has 8 aromatic rings. The molecule has 0 unspecified atom stereocenters. The van der Waals surface area contributed by atoms with Gasteiger partial charge >= 0.3 is 12.1 Å². The van der Waals surface area contributed by atoms with Gasteiger partial charge in [0.15, 0.2) is 0 Å². The molecule has 0 aliphatic rings. The first-order valence-electron chi connectivity index (χ1n) is 22.2. The number of hydrogen-bond donors (Lipinski definition) is 0. The van der Waals surface area contributed by atoms with E-state index in [9.17, 15) is 10.4 Å². The lowest BCUT2D eigenvalue weighted by atomic mass is 9.76. The molecule has 0 fully saturated rings. The molecular weight excluding hydrogens is 833 g/mol. The number of hydrogen-bond acceptors (Lipinski definition) is 6. The van der Waals surface area contributed by atoms with Gasteiger partial charge in [0, 0.05) is 48.8 Å². The molecule has 0 atom stereocenters. The first-order valence-corrected chi connectivity index (χ1v) is 22.2. The van der Waals surface area contributed by atoms with Gasteiger partial charge in [-0.2, -0.15) is 0 Å². The van der Waals surface area contributed by atoms with Crippen LogP contribution in [0.2, 0.25) is 0 Å². The van der Waals surface area contributed by atoms with Crippen LogP contribution in [-0.4, -0.2) is 26.4 Å². The summed E-state index contributed by atoms with van der Waals surface area (Å²) >= 11 is 0. The summed E-state index contributed by atoms with van der Waals surface area (Å²) in [5, 5.41) is 29.9. The van der Waals surface area contributed by atoms with E-state index in [1.807, 2.05) is 170 Å². The molecule has 0 radical (unpaired) electrons. The van der Waals surface area contributed by atoms with Crippen molar-refractivity contribution in [2.24, 2.45) is 0 Å². The van der Waals surface area contributed by atoms with E-state index in [1.165, 1.54) is 0 Å². The molecule has 67 heavy (non-hydrogen) atoms. The van der Waals surface area contributed by atoms with Gasteiger partial charge in [-0.15, -0.1) is 0 Å². The minimum atomic E-state index is -1.32. The summed E-state index contributed by atoms with van der Waals surface area (Å²) < 4.78 is 26.1. The maximum absolute atomic E-state index is 11.8. The molecule has 0 heterocycles. The summed E-state index contributed by atoms with van der Waals surface area (Å²) in [5.74, 6) is 1.39. The van der Waals surface area contributed by atoms with Crippen LogP contribution in [0.4, 0.5) is 0 Å². The van der Waals surface area contributed by atoms with Gasteiger partial charge in [-0.1, -0.05) is 208 Å². The van der Waals surface area contributed by atoms with Crippen molar-refractivity contribution >= 4 is 0 Å². The second kappa shape index (κ2) is 21.2. The summed E-state index contributed by atoms with van der Waals surface area (Å²) in [6.07, 6.45) is 0. The van der Waals surface area contributed by atoms with E-state index in [-0.39, 0.29) is 26.4 Å². The highest BCUT2D eigenvalue weighted by molar-refractivity contribution is 5.74. The van der Waals surface area contributed by atoms with Crippen LogP contribution in [0, 0.1) is 22.6 Å². The Kier molecular flexibility index (Phi) is 14.4. The normalized spacial score (nSPS) is 11.4. The first kappa shape index (κ1) is 45.4. The Bertz CT molecular complexity index is 2680. The van der Waals surface area contributed by atoms with E-state index in [4.69, 9.17) is 18.9 Å². The van der Waals surface area contributed by atoms with Gasteiger partial charge in [0.1, 0.15) is 24.7 Å². The van der Waals surface area contributed by atoms with E-state index >= 15 is 0 Å². The van der Waals surface area contributed by atoms with Gasteiger partial charge in [-0.25, -0.2) is 0 Å². The molecule has 8 rings (SSSR count). The predicted octanol–water partition coefficient (Wildman–Crippen LogP) is 13.7. The van der Waals surface area contributed by atoms with E-state index in [1.54, 1.807) is 0 Å². The molecule has 0 amide bonds. The summed E-state index contributed by atoms with van der Waals surface area (Å²) in [7, 11) is 0. The van der Waals surface area contributed by atoms with Crippen molar-refractivity contribution < 1.29 is 18.9 Å². The van der Waals surface area contributed by atoms with E-state index in [0.29, 0.717) is 11.5 Å². The van der Waals surface area contributed by atoms with Gasteiger partial charge in [0.05, 0.1) is 13.2 Å². The van der Waals surface area contributed by atoms with Crippen molar-refractivity contribution in [3.8, 4) is 45.9 Å². The molecule has 8 aromatic carbocycles. The zero-order valence-electron chi connectivity index (χ0n) is 37.5. The molecule has 332 valence electrons. The molecule has 0 spiro atoms. The van der Waals surface area contributed by atoms with Crippen molar-refractivity contribution in [2.75, 3.05) is 26.4 Å². The Morgan fingerprint density at radius 3 is 0.970 bits per heavy atom. The number of ether oxygens (including phenoxy) is 4. The molecular formula is C59H50N2O6. The van der Waals surface area contributed by atoms with Gasteiger partial charge in [-0.05, 0) is 46.5 Å². The van der Waals surface area contributed by atoms with Crippen LogP contribution in [0.5, 0.6) is 11.5 Å². The van der Waals surface area contributed by atoms with Crippen LogP contribution in [0.25, 0.3) is 32.3 Å². The second-order valence-corrected chi connectivity index (χ2v) is 16.4. The fraction of sp³-hybridized carbons (Fsp3) is 0.153. The lowest BCUT2D eigenvalue weighted by Gasteiger charge is -2.29. The number of benzene rings is 8. The molecule has 0 saturated heterocycles. The topological polar surface area (TPSA) is 91.8 Å². The Labute approximate surface area is 392 Å². The molecule has 0 aliphatic heterocycles. The molecule has 0 bridgehead atoms. The Balaban J connectivity index is 1.05. The lowest BCUT2D eigenvalue weighted by Crippen LogP contribution is -2.31. The third-order valence-electron chi connectivity index (χ3n) is 12.0. The van der Waals surface area contributed by atoms with Crippen LogP contribution in [0.15, 0.2) is 218 Å². The van der Waals surface area contributed by atoms with Crippen LogP contribution < -0.4 is 9.47 Å². The minimum absolute atomic E-state index is 0.143. The average molecular weight is 883 g/mol. The van der Waals surface area contributed by atoms with Crippen molar-refractivity contribution in [2.45, 2.75) is 30.5 Å². The summed E-state index contributed by atoms with van der Waals surface area (Å²) in [4.78, 5) is 0. The maximum atomic E-state index is 11.8. The van der Waals surface area contributed by atoms with Crippen LogP contribution in [0.1, 0.15) is 47.2 Å². The molecule has 8 heteroatoms. The quantitative estimate of drug-likeness (QED) is 0.0630. The van der Waals surface area contributed by atoms with E-state index in [0.717, 1.165) is 55.6 Å². The Morgan fingerprint density at radius 2 is 0.672 bits per heavy atom. The fourth-order valence-corrected chi connectivity index (χ4v) is 8.44. The standard InChI is InChI=1S/C59H50N2O6/c1-57(2,51-33-35-55(53(41-51)45-21-9-3-10-22-45)64-37-39-66-58(43-60-62,47-25-13-5-14-26-47)48-27-15-6-16-28-48)52-34-36-56(54(42-52)46-23-11-4-12-24-46)65-38-40-67-59(44-61-63,49-29-17-7-18-30-49)50-31-19-8-20-32-50/h3-36,41-42H,37-40H2,1-2H3.